The number of carbonyl (C=O) groups excluding carboxylic acids is 2. The van der Waals surface area contributed by atoms with E-state index < -0.39 is 5.92 Å². The van der Waals surface area contributed by atoms with Crippen LogP contribution in [-0.2, 0) is 22.6 Å². The molecule has 4 nitrogen and oxygen atoms in total. The van der Waals surface area contributed by atoms with Crippen molar-refractivity contribution in [3.05, 3.63) is 65.5 Å². The van der Waals surface area contributed by atoms with E-state index in [4.69, 9.17) is 0 Å². The van der Waals surface area contributed by atoms with Gasteiger partial charge in [0.05, 0.1) is 5.92 Å². The number of hydrogen-bond acceptors (Lipinski definition) is 2. The van der Waals surface area contributed by atoms with Gasteiger partial charge in [-0.2, -0.15) is 0 Å². The first-order chi connectivity index (χ1) is 12.5. The lowest BCUT2D eigenvalue weighted by atomic mass is 10.1. The van der Waals surface area contributed by atoms with Gasteiger partial charge >= 0.3 is 0 Å². The summed E-state index contributed by atoms with van der Waals surface area (Å²) in [5.74, 6) is -0.904. The maximum Gasteiger partial charge on any atom is 0.228 e. The molecule has 5 heteroatoms. The number of hydrogen-bond donors (Lipinski definition) is 0. The maximum atomic E-state index is 13.8. The van der Waals surface area contributed by atoms with Crippen LogP contribution in [0.1, 0.15) is 24.5 Å². The van der Waals surface area contributed by atoms with E-state index in [-0.39, 0.29) is 30.6 Å². The van der Waals surface area contributed by atoms with E-state index >= 15 is 0 Å². The zero-order valence-electron chi connectivity index (χ0n) is 15.1. The first kappa shape index (κ1) is 18.1. The van der Waals surface area contributed by atoms with Crippen LogP contribution in [0.3, 0.4) is 0 Å². The van der Waals surface area contributed by atoms with Crippen molar-refractivity contribution in [2.75, 3.05) is 18.5 Å². The van der Waals surface area contributed by atoms with Gasteiger partial charge in [0.25, 0.3) is 0 Å². The van der Waals surface area contributed by atoms with Gasteiger partial charge in [0.15, 0.2) is 0 Å². The van der Waals surface area contributed by atoms with Crippen LogP contribution >= 0.6 is 0 Å². The van der Waals surface area contributed by atoms with E-state index in [1.54, 1.807) is 30.1 Å². The molecule has 2 aromatic carbocycles. The van der Waals surface area contributed by atoms with E-state index in [9.17, 15) is 14.0 Å². The first-order valence-electron chi connectivity index (χ1n) is 8.87. The number of halogens is 1. The highest BCUT2D eigenvalue weighted by Crippen LogP contribution is 2.27. The first-order valence-corrected chi connectivity index (χ1v) is 8.87. The molecule has 1 aliphatic heterocycles. The second-order valence-electron chi connectivity index (χ2n) is 6.71. The molecule has 1 saturated heterocycles. The predicted molar refractivity (Wildman–Crippen MR) is 99.2 cm³/mol. The Morgan fingerprint density at radius 1 is 1.19 bits per heavy atom. The Morgan fingerprint density at radius 2 is 1.88 bits per heavy atom. The SMILES string of the molecule is CCc1ccc(N2CC(C(=O)N(C)Cc3ccccc3F)CC2=O)cc1. The van der Waals surface area contributed by atoms with Crippen LogP contribution in [0.2, 0.25) is 0 Å². The van der Waals surface area contributed by atoms with Crippen molar-refractivity contribution in [2.24, 2.45) is 5.92 Å². The average molecular weight is 354 g/mol. The van der Waals surface area contributed by atoms with Gasteiger partial charge in [-0.3, -0.25) is 9.59 Å². The van der Waals surface area contributed by atoms with Crippen LogP contribution in [0, 0.1) is 11.7 Å². The van der Waals surface area contributed by atoms with Gasteiger partial charge in [0.2, 0.25) is 11.8 Å². The molecule has 1 fully saturated rings. The van der Waals surface area contributed by atoms with Crippen LogP contribution < -0.4 is 4.90 Å². The standard InChI is InChI=1S/C21H23FN2O2/c1-3-15-8-10-18(11-9-15)24-14-17(12-20(24)25)21(26)23(2)13-16-6-4-5-7-19(16)22/h4-11,17H,3,12-14H2,1-2H3. The summed E-state index contributed by atoms with van der Waals surface area (Å²) in [5.41, 5.74) is 2.50. The van der Waals surface area contributed by atoms with Crippen LogP contribution in [0.5, 0.6) is 0 Å². The van der Waals surface area contributed by atoms with Crippen molar-refractivity contribution in [3.63, 3.8) is 0 Å². The monoisotopic (exact) mass is 354 g/mol. The fourth-order valence-electron chi connectivity index (χ4n) is 3.31. The Labute approximate surface area is 153 Å². The summed E-state index contributed by atoms with van der Waals surface area (Å²) in [5, 5.41) is 0. The number of carbonyl (C=O) groups is 2. The molecule has 0 N–H and O–H groups in total. The van der Waals surface area contributed by atoms with Crippen molar-refractivity contribution in [3.8, 4) is 0 Å². The van der Waals surface area contributed by atoms with Crippen LogP contribution in [0.15, 0.2) is 48.5 Å². The highest BCUT2D eigenvalue weighted by Gasteiger charge is 2.36. The van der Waals surface area contributed by atoms with Gasteiger partial charge in [-0.15, -0.1) is 0 Å². The summed E-state index contributed by atoms with van der Waals surface area (Å²) < 4.78 is 13.8. The van der Waals surface area contributed by atoms with E-state index in [2.05, 4.69) is 6.92 Å². The zero-order chi connectivity index (χ0) is 18.7. The lowest BCUT2D eigenvalue weighted by molar-refractivity contribution is -0.135. The molecule has 26 heavy (non-hydrogen) atoms. The van der Waals surface area contributed by atoms with Crippen molar-refractivity contribution in [1.82, 2.24) is 4.90 Å². The Kier molecular flexibility index (Phi) is 5.35. The second kappa shape index (κ2) is 7.68. The molecule has 136 valence electrons. The quantitative estimate of drug-likeness (QED) is 0.826. The molecule has 1 heterocycles. The summed E-state index contributed by atoms with van der Waals surface area (Å²) in [6.07, 6.45) is 1.13. The lowest BCUT2D eigenvalue weighted by Crippen LogP contribution is -2.34. The third kappa shape index (κ3) is 3.77. The topological polar surface area (TPSA) is 40.6 Å². The molecule has 2 amide bonds. The van der Waals surface area contributed by atoms with Crippen molar-refractivity contribution >= 4 is 17.5 Å². The van der Waals surface area contributed by atoms with E-state index in [1.165, 1.54) is 16.5 Å². The normalized spacial score (nSPS) is 16.8. The molecule has 1 aliphatic rings. The van der Waals surface area contributed by atoms with E-state index in [0.29, 0.717) is 12.1 Å². The molecule has 2 aromatic rings. The molecule has 0 bridgehead atoms. The summed E-state index contributed by atoms with van der Waals surface area (Å²) in [4.78, 5) is 28.2. The van der Waals surface area contributed by atoms with Gasteiger partial charge < -0.3 is 9.80 Å². The van der Waals surface area contributed by atoms with Crippen molar-refractivity contribution in [2.45, 2.75) is 26.3 Å². The summed E-state index contributed by atoms with van der Waals surface area (Å²) in [6.45, 7) is 2.64. The molecule has 0 aliphatic carbocycles. The molecule has 3 rings (SSSR count). The minimum atomic E-state index is -0.398. The van der Waals surface area contributed by atoms with Crippen LogP contribution in [-0.4, -0.2) is 30.3 Å². The predicted octanol–water partition coefficient (Wildman–Crippen LogP) is 3.40. The molecule has 0 spiro atoms. The molecule has 1 atom stereocenters. The smallest absolute Gasteiger partial charge is 0.228 e. The molecule has 0 saturated carbocycles. The lowest BCUT2D eigenvalue weighted by Gasteiger charge is -2.22. The molecular formula is C21H23FN2O2. The average Bonchev–Trinajstić information content (AvgIpc) is 3.04. The number of amides is 2. The highest BCUT2D eigenvalue weighted by atomic mass is 19.1. The number of anilines is 1. The van der Waals surface area contributed by atoms with E-state index in [1.807, 2.05) is 24.3 Å². The summed E-state index contributed by atoms with van der Waals surface area (Å²) in [6, 6.07) is 14.3. The second-order valence-corrected chi connectivity index (χ2v) is 6.71. The minimum Gasteiger partial charge on any atom is -0.341 e. The van der Waals surface area contributed by atoms with Gasteiger partial charge in [-0.05, 0) is 30.2 Å². The fraction of sp³-hybridized carbons (Fsp3) is 0.333. The van der Waals surface area contributed by atoms with Crippen molar-refractivity contribution < 1.29 is 14.0 Å². The fourth-order valence-corrected chi connectivity index (χ4v) is 3.31. The van der Waals surface area contributed by atoms with E-state index in [0.717, 1.165) is 12.1 Å². The third-order valence-electron chi connectivity index (χ3n) is 4.87. The van der Waals surface area contributed by atoms with Crippen LogP contribution in [0.25, 0.3) is 0 Å². The van der Waals surface area contributed by atoms with Crippen LogP contribution in [0.4, 0.5) is 10.1 Å². The number of nitrogens with zero attached hydrogens (tertiary/aromatic N) is 2. The Bertz CT molecular complexity index is 804. The van der Waals surface area contributed by atoms with Gasteiger partial charge in [0.1, 0.15) is 5.82 Å². The zero-order valence-corrected chi connectivity index (χ0v) is 15.1. The summed E-state index contributed by atoms with van der Waals surface area (Å²) in [7, 11) is 1.65. The van der Waals surface area contributed by atoms with Gasteiger partial charge in [-0.1, -0.05) is 37.3 Å². The number of rotatable bonds is 5. The Morgan fingerprint density at radius 3 is 2.54 bits per heavy atom. The van der Waals surface area contributed by atoms with Gasteiger partial charge in [-0.25, -0.2) is 4.39 Å². The number of benzene rings is 2. The molecular weight excluding hydrogens is 331 g/mol. The largest absolute Gasteiger partial charge is 0.341 e. The summed E-state index contributed by atoms with van der Waals surface area (Å²) >= 11 is 0. The minimum absolute atomic E-state index is 0.0492. The Hall–Kier alpha value is -2.69. The third-order valence-corrected chi connectivity index (χ3v) is 4.87. The molecule has 1 unspecified atom stereocenters. The van der Waals surface area contributed by atoms with Crippen molar-refractivity contribution in [1.29, 1.82) is 0 Å². The number of aryl methyl sites for hydroxylation is 1. The van der Waals surface area contributed by atoms with Gasteiger partial charge in [0, 0.05) is 37.8 Å². The molecule has 0 radical (unpaired) electrons. The molecule has 0 aromatic heterocycles. The Balaban J connectivity index is 1.67. The highest BCUT2D eigenvalue weighted by molar-refractivity contribution is 6.00. The maximum absolute atomic E-state index is 13.8.